The lowest BCUT2D eigenvalue weighted by atomic mass is 10.1. The van der Waals surface area contributed by atoms with Gasteiger partial charge in [0, 0.05) is 29.8 Å². The van der Waals surface area contributed by atoms with Crippen LogP contribution in [0.4, 0.5) is 5.69 Å². The minimum absolute atomic E-state index is 0.0161. The minimum atomic E-state index is -2.03. The van der Waals surface area contributed by atoms with E-state index in [1.165, 1.54) is 17.5 Å². The smallest absolute Gasteiger partial charge is 0.318 e. The molecule has 4 aromatic rings. The second-order valence-electron chi connectivity index (χ2n) is 7.28. The van der Waals surface area contributed by atoms with E-state index in [1.807, 2.05) is 36.4 Å². The Labute approximate surface area is 204 Å². The molecule has 0 fully saturated rings. The zero-order valence-corrected chi connectivity index (χ0v) is 19.7. The van der Waals surface area contributed by atoms with E-state index in [-0.39, 0.29) is 11.3 Å². The molecule has 4 rings (SSSR count). The molecule has 0 spiro atoms. The molecule has 0 saturated heterocycles. The van der Waals surface area contributed by atoms with Crippen LogP contribution >= 0.6 is 0 Å². The summed E-state index contributed by atoms with van der Waals surface area (Å²) in [7, 11) is 3.06. The van der Waals surface area contributed by atoms with Gasteiger partial charge < -0.3 is 8.92 Å². The van der Waals surface area contributed by atoms with Gasteiger partial charge in [-0.15, -0.1) is 0 Å². The van der Waals surface area contributed by atoms with Crippen molar-refractivity contribution in [2.45, 2.75) is 0 Å². The topological polar surface area (TPSA) is 101 Å². The van der Waals surface area contributed by atoms with Gasteiger partial charge in [-0.3, -0.25) is 19.3 Å². The number of carbonyl (C=O) groups excluding carboxylic acids is 1. The normalized spacial score (nSPS) is 11.2. The maximum Gasteiger partial charge on any atom is 0.318 e. The van der Waals surface area contributed by atoms with E-state index >= 15 is 0 Å². The molecule has 0 saturated carbocycles. The zero-order chi connectivity index (χ0) is 24.8. The maximum absolute atomic E-state index is 13.1. The molecule has 0 aliphatic carbocycles. The van der Waals surface area contributed by atoms with Crippen LogP contribution in [-0.4, -0.2) is 34.5 Å². The number of methoxy groups -OCH3 is 1. The third-order valence-electron chi connectivity index (χ3n) is 5.08. The Morgan fingerprint density at radius 2 is 1.69 bits per heavy atom. The number of anilines is 1. The summed E-state index contributed by atoms with van der Waals surface area (Å²) in [6.07, 6.45) is 1.31. The van der Waals surface area contributed by atoms with Crippen LogP contribution < -0.4 is 18.7 Å². The first-order chi connectivity index (χ1) is 17.0. The Bertz CT molecular complexity index is 1450. The molecule has 1 atom stereocenters. The molecule has 2 N–H and O–H groups in total. The zero-order valence-electron chi connectivity index (χ0n) is 18.9. The average Bonchev–Trinajstić information content (AvgIpc) is 2.91. The molecule has 35 heavy (non-hydrogen) atoms. The van der Waals surface area contributed by atoms with Crippen molar-refractivity contribution < 1.29 is 23.1 Å². The van der Waals surface area contributed by atoms with E-state index in [0.29, 0.717) is 28.0 Å². The lowest BCUT2D eigenvalue weighted by Crippen LogP contribution is -2.29. The van der Waals surface area contributed by atoms with E-state index in [1.54, 1.807) is 49.0 Å². The average molecular weight is 488 g/mol. The summed E-state index contributed by atoms with van der Waals surface area (Å²) in [6.45, 7) is 0. The predicted octanol–water partition coefficient (Wildman–Crippen LogP) is 3.86. The van der Waals surface area contributed by atoms with E-state index in [2.05, 4.69) is 16.8 Å². The fourth-order valence-electron chi connectivity index (χ4n) is 3.33. The molecule has 1 aromatic heterocycles. The van der Waals surface area contributed by atoms with E-state index in [0.717, 1.165) is 5.56 Å². The number of carbonyl (C=O) groups is 1. The molecule has 176 valence electrons. The third kappa shape index (κ3) is 5.41. The minimum Gasteiger partial charge on any atom is -0.497 e. The SMILES string of the molecule is COc1ccc(OS(=O)N(C)c2c(C(=O)NO)cnc3ccc(C#Cc4ccccc4)cc23)cc1. The third-order valence-corrected chi connectivity index (χ3v) is 6.04. The number of hydrogen-bond acceptors (Lipinski definition) is 6. The van der Waals surface area contributed by atoms with Crippen molar-refractivity contribution in [1.29, 1.82) is 0 Å². The highest BCUT2D eigenvalue weighted by Gasteiger charge is 2.23. The Hall–Kier alpha value is -4.39. The van der Waals surface area contributed by atoms with Crippen molar-refractivity contribution in [3.63, 3.8) is 0 Å². The Morgan fingerprint density at radius 1 is 1.00 bits per heavy atom. The standard InChI is InChI=1S/C26H21N3O5S/c1-29(35(32)34-21-13-11-20(33-2)12-14-21)25-22-16-19(9-8-18-6-4-3-5-7-18)10-15-24(22)27-17-23(25)26(30)28-31/h3-7,10-17,31H,1-2H3,(H,28,30). The van der Waals surface area contributed by atoms with Crippen molar-refractivity contribution in [1.82, 2.24) is 10.5 Å². The summed E-state index contributed by atoms with van der Waals surface area (Å²) >= 11 is -2.03. The molecule has 9 heteroatoms. The molecular weight excluding hydrogens is 466 g/mol. The number of amides is 1. The molecule has 0 aliphatic rings. The van der Waals surface area contributed by atoms with Crippen molar-refractivity contribution in [3.8, 4) is 23.3 Å². The number of ether oxygens (including phenoxy) is 1. The number of hydroxylamine groups is 1. The highest BCUT2D eigenvalue weighted by atomic mass is 32.2. The lowest BCUT2D eigenvalue weighted by molar-refractivity contribution is 0.0707. The molecule has 1 unspecified atom stereocenters. The van der Waals surface area contributed by atoms with Gasteiger partial charge in [0.2, 0.25) is 0 Å². The van der Waals surface area contributed by atoms with Gasteiger partial charge in [0.15, 0.2) is 0 Å². The summed E-state index contributed by atoms with van der Waals surface area (Å²) in [6, 6.07) is 21.4. The van der Waals surface area contributed by atoms with Crippen LogP contribution in [-0.2, 0) is 11.3 Å². The number of nitrogens with one attached hydrogen (secondary N) is 1. The van der Waals surface area contributed by atoms with Crippen LogP contribution in [0.1, 0.15) is 21.5 Å². The van der Waals surface area contributed by atoms with Gasteiger partial charge >= 0.3 is 11.3 Å². The first-order valence-electron chi connectivity index (χ1n) is 10.4. The number of fused-ring (bicyclic) bond motifs is 1. The second kappa shape index (κ2) is 10.7. The Morgan fingerprint density at radius 3 is 2.37 bits per heavy atom. The summed E-state index contributed by atoms with van der Waals surface area (Å²) in [5, 5.41) is 9.78. The van der Waals surface area contributed by atoms with E-state index in [9.17, 15) is 14.2 Å². The highest BCUT2D eigenvalue weighted by molar-refractivity contribution is 7.82. The molecule has 8 nitrogen and oxygen atoms in total. The fourth-order valence-corrected chi connectivity index (χ4v) is 4.07. The van der Waals surface area contributed by atoms with Crippen molar-refractivity contribution in [2.75, 3.05) is 18.5 Å². The van der Waals surface area contributed by atoms with Crippen molar-refractivity contribution in [3.05, 3.63) is 95.7 Å². The van der Waals surface area contributed by atoms with Gasteiger partial charge in [0.25, 0.3) is 5.91 Å². The molecule has 1 amide bonds. The lowest BCUT2D eigenvalue weighted by Gasteiger charge is -2.21. The molecule has 0 radical (unpaired) electrons. The summed E-state index contributed by atoms with van der Waals surface area (Å²) < 4.78 is 25.1. The number of nitrogens with zero attached hydrogens (tertiary/aromatic N) is 2. The highest BCUT2D eigenvalue weighted by Crippen LogP contribution is 2.31. The summed E-state index contributed by atoms with van der Waals surface area (Å²) in [4.78, 5) is 16.7. The van der Waals surface area contributed by atoms with Crippen LogP contribution in [0.15, 0.2) is 79.0 Å². The Balaban J connectivity index is 1.75. The summed E-state index contributed by atoms with van der Waals surface area (Å²) in [5.41, 5.74) is 3.96. The second-order valence-corrected chi connectivity index (χ2v) is 8.43. The van der Waals surface area contributed by atoms with Gasteiger partial charge in [-0.2, -0.15) is 4.21 Å². The molecular formula is C26H21N3O5S. The monoisotopic (exact) mass is 487 g/mol. The molecule has 0 aliphatic heterocycles. The van der Waals surface area contributed by atoms with Crippen LogP contribution in [0, 0.1) is 11.8 Å². The van der Waals surface area contributed by atoms with Crippen LogP contribution in [0.5, 0.6) is 11.5 Å². The predicted molar refractivity (Wildman–Crippen MR) is 134 cm³/mol. The number of hydrogen-bond donors (Lipinski definition) is 2. The van der Waals surface area contributed by atoms with Crippen molar-refractivity contribution >= 4 is 33.8 Å². The van der Waals surface area contributed by atoms with Crippen LogP contribution in [0.3, 0.4) is 0 Å². The number of benzene rings is 3. The van der Waals surface area contributed by atoms with Gasteiger partial charge in [-0.25, -0.2) is 5.48 Å². The molecule has 1 heterocycles. The number of pyridine rings is 1. The van der Waals surface area contributed by atoms with Crippen molar-refractivity contribution in [2.24, 2.45) is 0 Å². The quantitative estimate of drug-likeness (QED) is 0.243. The molecule has 3 aromatic carbocycles. The maximum atomic E-state index is 13.1. The van der Waals surface area contributed by atoms with Gasteiger partial charge in [-0.1, -0.05) is 30.0 Å². The Kier molecular flexibility index (Phi) is 7.26. The van der Waals surface area contributed by atoms with Gasteiger partial charge in [0.1, 0.15) is 11.5 Å². The van der Waals surface area contributed by atoms with Gasteiger partial charge in [0.05, 0.1) is 23.9 Å². The van der Waals surface area contributed by atoms with E-state index < -0.39 is 17.2 Å². The fraction of sp³-hybridized carbons (Fsp3) is 0.0769. The first kappa shape index (κ1) is 23.8. The summed E-state index contributed by atoms with van der Waals surface area (Å²) in [5.74, 6) is 6.36. The van der Waals surface area contributed by atoms with E-state index in [4.69, 9.17) is 8.92 Å². The number of rotatable bonds is 6. The van der Waals surface area contributed by atoms with Gasteiger partial charge in [-0.05, 0) is 54.6 Å². The number of aromatic nitrogens is 1. The largest absolute Gasteiger partial charge is 0.497 e. The van der Waals surface area contributed by atoms with Crippen LogP contribution in [0.25, 0.3) is 10.9 Å². The van der Waals surface area contributed by atoms with Crippen LogP contribution in [0.2, 0.25) is 0 Å². The first-order valence-corrected chi connectivity index (χ1v) is 11.5. The molecule has 0 bridgehead atoms.